The lowest BCUT2D eigenvalue weighted by atomic mass is 10.3. The summed E-state index contributed by atoms with van der Waals surface area (Å²) in [5, 5.41) is 18.3. The number of halogens is 1. The van der Waals surface area contributed by atoms with Gasteiger partial charge in [0.2, 0.25) is 0 Å². The Morgan fingerprint density at radius 1 is 1.42 bits per heavy atom. The van der Waals surface area contributed by atoms with Crippen LogP contribution in [0.1, 0.15) is 13.3 Å². The van der Waals surface area contributed by atoms with Gasteiger partial charge in [-0.05, 0) is 22.9 Å². The lowest BCUT2D eigenvalue weighted by Crippen LogP contribution is -2.24. The average Bonchev–Trinajstić information content (AvgIpc) is 2.72. The summed E-state index contributed by atoms with van der Waals surface area (Å²) < 4.78 is 2.13. The minimum Gasteiger partial charge on any atom is -0.258 e. The van der Waals surface area contributed by atoms with Crippen LogP contribution in [0.25, 0.3) is 5.69 Å². The fourth-order valence-corrected chi connectivity index (χ4v) is 1.75. The van der Waals surface area contributed by atoms with Gasteiger partial charge in [0.1, 0.15) is 0 Å². The molecule has 2 aromatic rings. The molecule has 1 aromatic carbocycles. The topological polar surface area (TPSA) is 95.8 Å². The third-order valence-corrected chi connectivity index (χ3v) is 2.76. The second-order valence-corrected chi connectivity index (χ2v) is 4.20. The Balaban J connectivity index is 2.55. The van der Waals surface area contributed by atoms with Crippen LogP contribution < -0.4 is 5.69 Å². The molecule has 0 fully saturated rings. The van der Waals surface area contributed by atoms with Crippen LogP contribution in [-0.4, -0.2) is 24.7 Å². The molecule has 0 atom stereocenters. The van der Waals surface area contributed by atoms with Gasteiger partial charge in [-0.3, -0.25) is 10.1 Å². The molecule has 1 heterocycles. The number of tetrazole rings is 1. The van der Waals surface area contributed by atoms with E-state index in [2.05, 4.69) is 10.4 Å². The maximum absolute atomic E-state index is 12.0. The van der Waals surface area contributed by atoms with Crippen molar-refractivity contribution < 1.29 is 4.92 Å². The molecule has 0 saturated carbocycles. The molecule has 0 saturated heterocycles. The van der Waals surface area contributed by atoms with Crippen molar-refractivity contribution in [1.82, 2.24) is 19.8 Å². The zero-order chi connectivity index (χ0) is 14.0. The highest BCUT2D eigenvalue weighted by Crippen LogP contribution is 2.23. The number of hydrogen-bond acceptors (Lipinski definition) is 5. The van der Waals surface area contributed by atoms with E-state index in [1.807, 2.05) is 6.92 Å². The first-order valence-corrected chi connectivity index (χ1v) is 5.89. The summed E-state index contributed by atoms with van der Waals surface area (Å²) in [7, 11) is 0. The van der Waals surface area contributed by atoms with Crippen LogP contribution in [0, 0.1) is 10.1 Å². The third kappa shape index (κ3) is 2.48. The maximum Gasteiger partial charge on any atom is 0.368 e. The number of aryl methyl sites for hydroxylation is 1. The normalized spacial score (nSPS) is 10.6. The third-order valence-electron chi connectivity index (χ3n) is 2.44. The smallest absolute Gasteiger partial charge is 0.258 e. The van der Waals surface area contributed by atoms with Gasteiger partial charge in [-0.2, -0.15) is 9.36 Å². The number of nitrogens with zero attached hydrogens (tertiary/aromatic N) is 5. The van der Waals surface area contributed by atoms with Gasteiger partial charge in [0, 0.05) is 18.7 Å². The molecule has 0 N–H and O–H groups in total. The van der Waals surface area contributed by atoms with Gasteiger partial charge < -0.3 is 0 Å². The second-order valence-electron chi connectivity index (χ2n) is 3.79. The highest BCUT2D eigenvalue weighted by molar-refractivity contribution is 6.32. The first kappa shape index (κ1) is 13.2. The summed E-state index contributed by atoms with van der Waals surface area (Å²) in [6.07, 6.45) is 0.723. The summed E-state index contributed by atoms with van der Waals surface area (Å²) in [4.78, 5) is 22.1. The molecule has 0 aliphatic carbocycles. The Bertz CT molecular complexity index is 678. The predicted octanol–water partition coefficient (Wildman–Crippen LogP) is 1.40. The first-order valence-electron chi connectivity index (χ1n) is 5.51. The number of hydrogen-bond donors (Lipinski definition) is 0. The van der Waals surface area contributed by atoms with Crippen molar-refractivity contribution in [3.63, 3.8) is 0 Å². The van der Waals surface area contributed by atoms with Crippen molar-refractivity contribution in [3.05, 3.63) is 43.8 Å². The van der Waals surface area contributed by atoms with Crippen molar-refractivity contribution in [1.29, 1.82) is 0 Å². The molecule has 0 radical (unpaired) electrons. The zero-order valence-electron chi connectivity index (χ0n) is 9.99. The minimum absolute atomic E-state index is 0.142. The molecule has 0 aliphatic rings. The average molecular weight is 284 g/mol. The van der Waals surface area contributed by atoms with Crippen LogP contribution in [0.2, 0.25) is 5.02 Å². The highest BCUT2D eigenvalue weighted by Gasteiger charge is 2.15. The van der Waals surface area contributed by atoms with Gasteiger partial charge in [-0.25, -0.2) is 4.79 Å². The molecule has 100 valence electrons. The monoisotopic (exact) mass is 283 g/mol. The molecular weight excluding hydrogens is 274 g/mol. The second kappa shape index (κ2) is 5.19. The number of nitro groups is 1. The summed E-state index contributed by atoms with van der Waals surface area (Å²) in [6.45, 7) is 2.32. The SMILES string of the molecule is CCCn1nnn(-c2cc([N+](=O)[O-])ccc2Cl)c1=O. The molecular formula is C10H10ClN5O3. The zero-order valence-corrected chi connectivity index (χ0v) is 10.7. The van der Waals surface area contributed by atoms with Gasteiger partial charge in [0.25, 0.3) is 5.69 Å². The predicted molar refractivity (Wildman–Crippen MR) is 67.6 cm³/mol. The molecule has 1 aromatic heterocycles. The highest BCUT2D eigenvalue weighted by atomic mass is 35.5. The van der Waals surface area contributed by atoms with Gasteiger partial charge in [-0.15, -0.1) is 0 Å². The van der Waals surface area contributed by atoms with E-state index in [1.165, 1.54) is 22.9 Å². The van der Waals surface area contributed by atoms with Gasteiger partial charge in [0.15, 0.2) is 0 Å². The van der Waals surface area contributed by atoms with Gasteiger partial charge in [-0.1, -0.05) is 18.5 Å². The summed E-state index contributed by atoms with van der Waals surface area (Å²) in [6, 6.07) is 3.79. The fraction of sp³-hybridized carbons (Fsp3) is 0.300. The number of rotatable bonds is 4. The molecule has 0 aliphatic heterocycles. The quantitative estimate of drug-likeness (QED) is 0.624. The molecule has 0 bridgehead atoms. The Morgan fingerprint density at radius 2 is 2.16 bits per heavy atom. The molecule has 0 unspecified atom stereocenters. The van der Waals surface area contributed by atoms with Crippen LogP contribution in [0.4, 0.5) is 5.69 Å². The number of benzene rings is 1. The minimum atomic E-state index is -0.568. The van der Waals surface area contributed by atoms with Crippen molar-refractivity contribution >= 4 is 17.3 Å². The van der Waals surface area contributed by atoms with Crippen LogP contribution in [-0.2, 0) is 6.54 Å². The standard InChI is InChI=1S/C10H10ClN5O3/c1-2-5-14-10(17)15(13-12-14)9-6-7(16(18)19)3-4-8(9)11/h3-4,6H,2,5H2,1H3. The summed E-state index contributed by atoms with van der Waals surface area (Å²) in [5.41, 5.74) is -0.510. The number of non-ortho nitro benzene ring substituents is 1. The van der Waals surface area contributed by atoms with E-state index in [9.17, 15) is 14.9 Å². The molecule has 8 nitrogen and oxygen atoms in total. The molecule has 9 heteroatoms. The molecule has 0 amide bonds. The summed E-state index contributed by atoms with van der Waals surface area (Å²) >= 11 is 5.93. The Kier molecular flexibility index (Phi) is 3.61. The van der Waals surface area contributed by atoms with E-state index in [0.29, 0.717) is 6.54 Å². The van der Waals surface area contributed by atoms with Crippen LogP contribution >= 0.6 is 11.6 Å². The van der Waals surface area contributed by atoms with Crippen LogP contribution in [0.15, 0.2) is 23.0 Å². The Labute approximate surface area is 112 Å². The fourth-order valence-electron chi connectivity index (χ4n) is 1.55. The van der Waals surface area contributed by atoms with E-state index >= 15 is 0 Å². The van der Waals surface area contributed by atoms with E-state index in [1.54, 1.807) is 0 Å². The Morgan fingerprint density at radius 3 is 2.79 bits per heavy atom. The van der Waals surface area contributed by atoms with Crippen LogP contribution in [0.3, 0.4) is 0 Å². The number of nitro benzene ring substituents is 1. The van der Waals surface area contributed by atoms with Crippen molar-refractivity contribution in [2.24, 2.45) is 0 Å². The summed E-state index contributed by atoms with van der Waals surface area (Å²) in [5.74, 6) is 0. The lowest BCUT2D eigenvalue weighted by molar-refractivity contribution is -0.384. The molecule has 0 spiro atoms. The van der Waals surface area contributed by atoms with E-state index in [-0.39, 0.29) is 16.4 Å². The van der Waals surface area contributed by atoms with E-state index in [0.717, 1.165) is 11.1 Å². The van der Waals surface area contributed by atoms with Gasteiger partial charge in [0.05, 0.1) is 15.6 Å². The van der Waals surface area contributed by atoms with E-state index in [4.69, 9.17) is 11.6 Å². The largest absolute Gasteiger partial charge is 0.368 e. The number of aromatic nitrogens is 4. The first-order chi connectivity index (χ1) is 9.04. The molecule has 2 rings (SSSR count). The van der Waals surface area contributed by atoms with E-state index < -0.39 is 10.6 Å². The maximum atomic E-state index is 12.0. The Hall–Kier alpha value is -2.22. The van der Waals surface area contributed by atoms with Gasteiger partial charge >= 0.3 is 5.69 Å². The van der Waals surface area contributed by atoms with Crippen LogP contribution in [0.5, 0.6) is 0 Å². The van der Waals surface area contributed by atoms with Crippen molar-refractivity contribution in [2.75, 3.05) is 0 Å². The lowest BCUT2D eigenvalue weighted by Gasteiger charge is -2.01. The van der Waals surface area contributed by atoms with Crippen molar-refractivity contribution in [3.8, 4) is 5.69 Å². The van der Waals surface area contributed by atoms with Crippen molar-refractivity contribution in [2.45, 2.75) is 19.9 Å². The molecule has 19 heavy (non-hydrogen) atoms.